The van der Waals surface area contributed by atoms with Gasteiger partial charge in [0.15, 0.2) is 0 Å². The summed E-state index contributed by atoms with van der Waals surface area (Å²) in [6.45, 7) is 14.6. The van der Waals surface area contributed by atoms with Crippen LogP contribution in [0.25, 0.3) is 0 Å². The maximum atomic E-state index is 5.62. The van der Waals surface area contributed by atoms with Crippen LogP contribution in [0, 0.1) is 20.8 Å². The van der Waals surface area contributed by atoms with Crippen molar-refractivity contribution in [2.45, 2.75) is 60.2 Å². The second-order valence-electron chi connectivity index (χ2n) is 5.16. The molecule has 0 saturated carbocycles. The van der Waals surface area contributed by atoms with Gasteiger partial charge in [0.05, 0.1) is 0 Å². The Balaban J connectivity index is 2.44. The fourth-order valence-corrected chi connectivity index (χ4v) is 1.86. The number of rotatable bonds is 6. The molecule has 3 nitrogen and oxygen atoms in total. The monoisotopic (exact) mass is 238 g/mol. The Hall–Kier alpha value is -0.800. The predicted octanol–water partition coefficient (Wildman–Crippen LogP) is 2.68. The van der Waals surface area contributed by atoms with Gasteiger partial charge in [-0.05, 0) is 33.3 Å². The molecule has 0 radical (unpaired) electrons. The minimum atomic E-state index is 0.464. The topological polar surface area (TPSA) is 37.2 Å². The molecule has 1 aromatic heterocycles. The van der Waals surface area contributed by atoms with Crippen LogP contribution in [0.5, 0.6) is 0 Å². The van der Waals surface area contributed by atoms with Crippen molar-refractivity contribution in [3.63, 3.8) is 0 Å². The van der Waals surface area contributed by atoms with Crippen LogP contribution in [0.2, 0.25) is 0 Å². The molecule has 1 atom stereocenters. The van der Waals surface area contributed by atoms with Gasteiger partial charge >= 0.3 is 0 Å². The molecule has 0 aromatic carbocycles. The summed E-state index contributed by atoms with van der Waals surface area (Å²) >= 11 is 0. The molecule has 0 bridgehead atoms. The molecule has 0 aliphatic heterocycles. The highest BCUT2D eigenvalue weighted by molar-refractivity contribution is 5.31. The Kier molecular flexibility index (Phi) is 5.22. The van der Waals surface area contributed by atoms with Crippen LogP contribution in [0.1, 0.15) is 43.4 Å². The summed E-state index contributed by atoms with van der Waals surface area (Å²) in [7, 11) is 0. The van der Waals surface area contributed by atoms with Gasteiger partial charge < -0.3 is 15.1 Å². The van der Waals surface area contributed by atoms with Gasteiger partial charge in [0.1, 0.15) is 11.5 Å². The minimum Gasteiger partial charge on any atom is -0.466 e. The summed E-state index contributed by atoms with van der Waals surface area (Å²) < 4.78 is 5.62. The van der Waals surface area contributed by atoms with Crippen LogP contribution >= 0.6 is 0 Å². The van der Waals surface area contributed by atoms with Crippen LogP contribution < -0.4 is 10.6 Å². The lowest BCUT2D eigenvalue weighted by Gasteiger charge is -2.16. The first-order valence-corrected chi connectivity index (χ1v) is 6.44. The van der Waals surface area contributed by atoms with Crippen molar-refractivity contribution in [1.82, 2.24) is 10.6 Å². The molecule has 1 heterocycles. The van der Waals surface area contributed by atoms with E-state index < -0.39 is 0 Å². The lowest BCUT2D eigenvalue weighted by molar-refractivity contribution is 0.466. The molecular weight excluding hydrogens is 212 g/mol. The van der Waals surface area contributed by atoms with E-state index in [0.29, 0.717) is 12.1 Å². The van der Waals surface area contributed by atoms with E-state index in [1.165, 1.54) is 11.1 Å². The van der Waals surface area contributed by atoms with Crippen LogP contribution in [0.4, 0.5) is 0 Å². The molecular formula is C14H26N2O. The van der Waals surface area contributed by atoms with Gasteiger partial charge in [-0.25, -0.2) is 0 Å². The lowest BCUT2D eigenvalue weighted by atomic mass is 10.1. The fourth-order valence-electron chi connectivity index (χ4n) is 1.86. The Morgan fingerprint density at radius 2 is 1.65 bits per heavy atom. The minimum absolute atomic E-state index is 0.464. The molecule has 1 unspecified atom stereocenters. The van der Waals surface area contributed by atoms with E-state index in [-0.39, 0.29) is 0 Å². The largest absolute Gasteiger partial charge is 0.466 e. The fraction of sp³-hybridized carbons (Fsp3) is 0.714. The highest BCUT2D eigenvalue weighted by Crippen LogP contribution is 2.20. The van der Waals surface area contributed by atoms with Gasteiger partial charge in [-0.3, -0.25) is 0 Å². The molecule has 98 valence electrons. The van der Waals surface area contributed by atoms with E-state index in [9.17, 15) is 0 Å². The van der Waals surface area contributed by atoms with Crippen LogP contribution in [-0.4, -0.2) is 18.6 Å². The molecule has 0 aliphatic carbocycles. The summed E-state index contributed by atoms with van der Waals surface area (Å²) in [5.74, 6) is 2.07. The normalized spacial score (nSPS) is 13.4. The Bertz CT molecular complexity index is 355. The molecule has 2 N–H and O–H groups in total. The number of nitrogens with one attached hydrogen (secondary N) is 2. The molecule has 0 fully saturated rings. The molecule has 0 spiro atoms. The summed E-state index contributed by atoms with van der Waals surface area (Å²) in [4.78, 5) is 0. The quantitative estimate of drug-likeness (QED) is 0.800. The summed E-state index contributed by atoms with van der Waals surface area (Å²) in [6.07, 6.45) is 0. The molecule has 0 aliphatic rings. The first kappa shape index (κ1) is 14.3. The molecule has 3 heteroatoms. The predicted molar refractivity (Wildman–Crippen MR) is 72.4 cm³/mol. The van der Waals surface area contributed by atoms with E-state index in [0.717, 1.165) is 24.6 Å². The smallest absolute Gasteiger partial charge is 0.105 e. The van der Waals surface area contributed by atoms with Gasteiger partial charge in [0.2, 0.25) is 0 Å². The third-order valence-corrected chi connectivity index (χ3v) is 3.17. The third kappa shape index (κ3) is 4.17. The molecule has 1 rings (SSSR count). The molecule has 0 amide bonds. The third-order valence-electron chi connectivity index (χ3n) is 3.17. The molecule has 0 saturated heterocycles. The maximum absolute atomic E-state index is 5.62. The summed E-state index contributed by atoms with van der Waals surface area (Å²) in [5.41, 5.74) is 2.58. The van der Waals surface area contributed by atoms with Crippen molar-refractivity contribution in [2.75, 3.05) is 6.54 Å². The Morgan fingerprint density at radius 1 is 1.00 bits per heavy atom. The average Bonchev–Trinajstić information content (AvgIpc) is 2.48. The van der Waals surface area contributed by atoms with Crippen molar-refractivity contribution in [3.8, 4) is 0 Å². The van der Waals surface area contributed by atoms with Crippen LogP contribution in [0.15, 0.2) is 4.42 Å². The lowest BCUT2D eigenvalue weighted by Crippen LogP contribution is -2.38. The highest BCUT2D eigenvalue weighted by atomic mass is 16.3. The SMILES string of the molecule is Cc1oc(C)c(CNC(C)CNC(C)C)c1C. The van der Waals surface area contributed by atoms with E-state index in [1.54, 1.807) is 0 Å². The average molecular weight is 238 g/mol. The Labute approximate surface area is 105 Å². The van der Waals surface area contributed by atoms with Gasteiger partial charge in [0.25, 0.3) is 0 Å². The van der Waals surface area contributed by atoms with Crippen molar-refractivity contribution in [2.24, 2.45) is 0 Å². The number of furan rings is 1. The van der Waals surface area contributed by atoms with Crippen LogP contribution in [0.3, 0.4) is 0 Å². The van der Waals surface area contributed by atoms with Crippen molar-refractivity contribution in [1.29, 1.82) is 0 Å². The molecule has 1 aromatic rings. The van der Waals surface area contributed by atoms with Gasteiger partial charge in [0, 0.05) is 30.7 Å². The van der Waals surface area contributed by atoms with E-state index in [4.69, 9.17) is 4.42 Å². The first-order valence-electron chi connectivity index (χ1n) is 6.44. The highest BCUT2D eigenvalue weighted by Gasteiger charge is 2.11. The first-order chi connectivity index (χ1) is 7.91. The Morgan fingerprint density at radius 3 is 2.12 bits per heavy atom. The van der Waals surface area contributed by atoms with E-state index in [2.05, 4.69) is 38.3 Å². The van der Waals surface area contributed by atoms with Crippen molar-refractivity contribution < 1.29 is 4.42 Å². The van der Waals surface area contributed by atoms with Gasteiger partial charge in [-0.1, -0.05) is 13.8 Å². The summed E-state index contributed by atoms with van der Waals surface area (Å²) in [5, 5.41) is 6.96. The standard InChI is InChI=1S/C14H26N2O/c1-9(2)15-7-10(3)16-8-14-11(4)12(5)17-13(14)6/h9-10,15-16H,7-8H2,1-6H3. The number of aryl methyl sites for hydroxylation is 2. The number of hydrogen-bond acceptors (Lipinski definition) is 3. The summed E-state index contributed by atoms with van der Waals surface area (Å²) in [6, 6.07) is 1.00. The van der Waals surface area contributed by atoms with Gasteiger partial charge in [-0.15, -0.1) is 0 Å². The second kappa shape index (κ2) is 6.22. The zero-order valence-electron chi connectivity index (χ0n) is 12.0. The van der Waals surface area contributed by atoms with Crippen molar-refractivity contribution in [3.05, 3.63) is 22.6 Å². The zero-order chi connectivity index (χ0) is 13.0. The van der Waals surface area contributed by atoms with Crippen molar-refractivity contribution >= 4 is 0 Å². The van der Waals surface area contributed by atoms with Crippen LogP contribution in [-0.2, 0) is 6.54 Å². The molecule has 17 heavy (non-hydrogen) atoms. The van der Waals surface area contributed by atoms with E-state index in [1.807, 2.05) is 13.8 Å². The maximum Gasteiger partial charge on any atom is 0.105 e. The van der Waals surface area contributed by atoms with E-state index >= 15 is 0 Å². The zero-order valence-corrected chi connectivity index (χ0v) is 12.0. The number of hydrogen-bond donors (Lipinski definition) is 2. The second-order valence-corrected chi connectivity index (χ2v) is 5.16. The van der Waals surface area contributed by atoms with Gasteiger partial charge in [-0.2, -0.15) is 0 Å².